The van der Waals surface area contributed by atoms with Crippen molar-refractivity contribution in [2.45, 2.75) is 50.2 Å². The van der Waals surface area contributed by atoms with E-state index in [1.54, 1.807) is 0 Å². The number of benzene rings is 2. The molecule has 6 rings (SSSR count). The summed E-state index contributed by atoms with van der Waals surface area (Å²) in [5, 5.41) is 7.12. The number of hydrogen-bond donors (Lipinski definition) is 3. The van der Waals surface area contributed by atoms with Gasteiger partial charge in [0.15, 0.2) is 0 Å². The molecule has 2 aromatic rings. The molecule has 3 aliphatic heterocycles. The fraction of sp³-hybridized carbons (Fsp3) is 0.464. The standard InChI is InChI=1S/C28H35N5O/c1-19-7-9-23-26(19)27(32-18-31-23)33-17-28(11-13-30-14-12-28)22-15-21(8-10-24(22)33)34-25(16-29)20-5-3-2-4-6-20/h2-6,8,10,15,18-19,23,25,30H,7,9,11-14,16-17,29H2,1H3,(H,31,32)/t19?,23-,25?/m1/s1. The van der Waals surface area contributed by atoms with Crippen LogP contribution in [0.1, 0.15) is 49.8 Å². The summed E-state index contributed by atoms with van der Waals surface area (Å²) in [6, 6.07) is 17.3. The number of anilines is 1. The Morgan fingerprint density at radius 1 is 1.15 bits per heavy atom. The third-order valence-corrected chi connectivity index (χ3v) is 8.28. The van der Waals surface area contributed by atoms with Gasteiger partial charge in [-0.25, -0.2) is 0 Å². The van der Waals surface area contributed by atoms with Crippen molar-refractivity contribution in [2.24, 2.45) is 16.6 Å². The van der Waals surface area contributed by atoms with Gasteiger partial charge in [-0.2, -0.15) is 0 Å². The smallest absolute Gasteiger partial charge is 0.136 e. The van der Waals surface area contributed by atoms with Gasteiger partial charge in [0, 0.05) is 24.2 Å². The van der Waals surface area contributed by atoms with Crippen LogP contribution in [-0.4, -0.2) is 38.6 Å². The van der Waals surface area contributed by atoms with E-state index in [1.165, 1.54) is 29.1 Å². The third kappa shape index (κ3) is 3.60. The second kappa shape index (κ2) is 8.75. The van der Waals surface area contributed by atoms with Crippen LogP contribution in [0.2, 0.25) is 0 Å². The first-order valence-electron chi connectivity index (χ1n) is 12.8. The monoisotopic (exact) mass is 457 g/mol. The molecule has 3 heterocycles. The third-order valence-electron chi connectivity index (χ3n) is 8.28. The Bertz CT molecular complexity index is 1110. The van der Waals surface area contributed by atoms with E-state index in [1.807, 2.05) is 24.5 Å². The second-order valence-electron chi connectivity index (χ2n) is 10.3. The number of piperidine rings is 1. The molecule has 1 aliphatic carbocycles. The SMILES string of the molecule is CC1CC[C@H]2N=CNC(N3CC4(CCNCC4)c4cc(OC(CN)c5ccccc5)ccc43)=C12. The molecule has 1 saturated carbocycles. The van der Waals surface area contributed by atoms with E-state index < -0.39 is 0 Å². The Morgan fingerprint density at radius 3 is 2.76 bits per heavy atom. The van der Waals surface area contributed by atoms with E-state index in [4.69, 9.17) is 15.5 Å². The van der Waals surface area contributed by atoms with Crippen LogP contribution in [0.15, 0.2) is 64.9 Å². The Morgan fingerprint density at radius 2 is 1.97 bits per heavy atom. The van der Waals surface area contributed by atoms with Crippen molar-refractivity contribution in [3.05, 3.63) is 71.1 Å². The summed E-state index contributed by atoms with van der Waals surface area (Å²) in [6.45, 7) is 5.90. The largest absolute Gasteiger partial charge is 0.484 e. The molecule has 0 aromatic heterocycles. The molecule has 6 nitrogen and oxygen atoms in total. The van der Waals surface area contributed by atoms with Crippen LogP contribution in [0.3, 0.4) is 0 Å². The lowest BCUT2D eigenvalue weighted by molar-refractivity contribution is 0.213. The van der Waals surface area contributed by atoms with E-state index in [2.05, 4.69) is 52.8 Å². The van der Waals surface area contributed by atoms with Crippen LogP contribution < -0.4 is 26.0 Å². The van der Waals surface area contributed by atoms with Gasteiger partial charge in [-0.3, -0.25) is 4.99 Å². The number of hydrogen-bond acceptors (Lipinski definition) is 6. The summed E-state index contributed by atoms with van der Waals surface area (Å²) in [5.41, 5.74) is 11.6. The predicted molar refractivity (Wildman–Crippen MR) is 137 cm³/mol. The molecular weight excluding hydrogens is 422 g/mol. The summed E-state index contributed by atoms with van der Waals surface area (Å²) in [4.78, 5) is 7.29. The lowest BCUT2D eigenvalue weighted by Gasteiger charge is -2.36. The van der Waals surface area contributed by atoms with Gasteiger partial charge in [0.2, 0.25) is 0 Å². The first-order chi connectivity index (χ1) is 16.7. The highest BCUT2D eigenvalue weighted by Crippen LogP contribution is 2.50. The van der Waals surface area contributed by atoms with Gasteiger partial charge in [-0.1, -0.05) is 37.3 Å². The number of fused-ring (bicyclic) bond motifs is 3. The molecule has 0 radical (unpaired) electrons. The van der Waals surface area contributed by atoms with Crippen molar-refractivity contribution in [2.75, 3.05) is 31.1 Å². The minimum atomic E-state index is -0.151. The summed E-state index contributed by atoms with van der Waals surface area (Å²) in [7, 11) is 0. The zero-order chi connectivity index (χ0) is 23.1. The summed E-state index contributed by atoms with van der Waals surface area (Å²) >= 11 is 0. The van der Waals surface area contributed by atoms with Crippen LogP contribution >= 0.6 is 0 Å². The molecule has 1 saturated heterocycles. The summed E-state index contributed by atoms with van der Waals surface area (Å²) in [5.74, 6) is 2.73. The lowest BCUT2D eigenvalue weighted by Crippen LogP contribution is -2.45. The van der Waals surface area contributed by atoms with E-state index in [-0.39, 0.29) is 11.5 Å². The molecule has 6 heteroatoms. The van der Waals surface area contributed by atoms with Gasteiger partial charge in [0.1, 0.15) is 17.7 Å². The molecule has 0 amide bonds. The van der Waals surface area contributed by atoms with E-state index >= 15 is 0 Å². The Labute approximate surface area is 202 Å². The van der Waals surface area contributed by atoms with Gasteiger partial charge in [-0.05, 0) is 79.6 Å². The average molecular weight is 458 g/mol. The van der Waals surface area contributed by atoms with Gasteiger partial charge in [0.25, 0.3) is 0 Å². The molecule has 34 heavy (non-hydrogen) atoms. The highest BCUT2D eigenvalue weighted by atomic mass is 16.5. The van der Waals surface area contributed by atoms with Crippen molar-refractivity contribution in [3.63, 3.8) is 0 Å². The fourth-order valence-corrected chi connectivity index (χ4v) is 6.44. The van der Waals surface area contributed by atoms with E-state index in [0.717, 1.165) is 50.2 Å². The van der Waals surface area contributed by atoms with Crippen LogP contribution in [0, 0.1) is 5.92 Å². The zero-order valence-corrected chi connectivity index (χ0v) is 20.0. The van der Waals surface area contributed by atoms with Gasteiger partial charge in [-0.15, -0.1) is 0 Å². The minimum Gasteiger partial charge on any atom is -0.484 e. The average Bonchev–Trinajstić information content (AvgIpc) is 3.41. The van der Waals surface area contributed by atoms with Crippen LogP contribution in [-0.2, 0) is 5.41 Å². The minimum absolute atomic E-state index is 0.131. The number of aliphatic imine (C=N–C) groups is 1. The first kappa shape index (κ1) is 21.7. The normalized spacial score (nSPS) is 25.8. The molecule has 2 unspecified atom stereocenters. The molecule has 4 aliphatic rings. The van der Waals surface area contributed by atoms with Crippen molar-refractivity contribution < 1.29 is 4.74 Å². The highest BCUT2D eigenvalue weighted by molar-refractivity contribution is 5.72. The number of ether oxygens (including phenoxy) is 1. The lowest BCUT2D eigenvalue weighted by atomic mass is 9.75. The molecule has 2 fully saturated rings. The van der Waals surface area contributed by atoms with Gasteiger partial charge >= 0.3 is 0 Å². The van der Waals surface area contributed by atoms with Crippen molar-refractivity contribution >= 4 is 12.0 Å². The van der Waals surface area contributed by atoms with Crippen LogP contribution in [0.5, 0.6) is 5.75 Å². The predicted octanol–water partition coefficient (Wildman–Crippen LogP) is 3.85. The highest BCUT2D eigenvalue weighted by Gasteiger charge is 2.46. The number of nitrogens with two attached hydrogens (primary N) is 1. The Kier molecular flexibility index (Phi) is 5.58. The quantitative estimate of drug-likeness (QED) is 0.636. The van der Waals surface area contributed by atoms with Crippen molar-refractivity contribution in [1.82, 2.24) is 10.6 Å². The summed E-state index contributed by atoms with van der Waals surface area (Å²) in [6.07, 6.45) is 6.40. The molecule has 3 atom stereocenters. The second-order valence-corrected chi connectivity index (χ2v) is 10.3. The number of rotatable bonds is 5. The molecule has 2 aromatic carbocycles. The summed E-state index contributed by atoms with van der Waals surface area (Å²) < 4.78 is 6.47. The Balaban J connectivity index is 1.38. The van der Waals surface area contributed by atoms with Crippen LogP contribution in [0.25, 0.3) is 0 Å². The van der Waals surface area contributed by atoms with Crippen LogP contribution in [0.4, 0.5) is 5.69 Å². The topological polar surface area (TPSA) is 74.9 Å². The molecule has 178 valence electrons. The number of nitrogens with one attached hydrogen (secondary N) is 2. The molecular formula is C28H35N5O. The molecule has 4 N–H and O–H groups in total. The zero-order valence-electron chi connectivity index (χ0n) is 20.0. The maximum absolute atomic E-state index is 6.47. The van der Waals surface area contributed by atoms with E-state index in [0.29, 0.717) is 18.5 Å². The maximum atomic E-state index is 6.47. The molecule has 1 spiro atoms. The van der Waals surface area contributed by atoms with Gasteiger partial charge < -0.3 is 26.0 Å². The van der Waals surface area contributed by atoms with Gasteiger partial charge in [0.05, 0.1) is 12.4 Å². The Hall–Kier alpha value is -2.83. The number of nitrogens with zero attached hydrogens (tertiary/aromatic N) is 2. The van der Waals surface area contributed by atoms with Crippen molar-refractivity contribution in [3.8, 4) is 5.75 Å². The maximum Gasteiger partial charge on any atom is 0.136 e. The van der Waals surface area contributed by atoms with Crippen molar-refractivity contribution in [1.29, 1.82) is 0 Å². The fourth-order valence-electron chi connectivity index (χ4n) is 6.44. The molecule has 0 bridgehead atoms. The first-order valence-corrected chi connectivity index (χ1v) is 12.8. The van der Waals surface area contributed by atoms with E-state index in [9.17, 15) is 0 Å².